The SMILES string of the molecule is CC.[CH2-]CCC[CH2-].[Y]. The quantitative estimate of drug-likeness (QED) is 0.586. The van der Waals surface area contributed by atoms with Gasteiger partial charge in [-0.3, -0.25) is 0 Å². The van der Waals surface area contributed by atoms with Gasteiger partial charge in [-0.05, 0) is 0 Å². The first kappa shape index (κ1) is 16.0. The molecule has 0 saturated carbocycles. The Bertz CT molecular complexity index is 11.9. The molecule has 0 N–H and O–H groups in total. The molecule has 8 heavy (non-hydrogen) atoms. The summed E-state index contributed by atoms with van der Waals surface area (Å²) in [7, 11) is 0. The maximum absolute atomic E-state index is 3.64. The van der Waals surface area contributed by atoms with Crippen LogP contribution in [0.4, 0.5) is 0 Å². The number of hydrogen-bond donors (Lipinski definition) is 0. The molecule has 0 unspecified atom stereocenters. The first-order valence-corrected chi connectivity index (χ1v) is 3.00. The van der Waals surface area contributed by atoms with Crippen LogP contribution in [0.15, 0.2) is 0 Å². The van der Waals surface area contributed by atoms with Crippen molar-refractivity contribution in [2.45, 2.75) is 33.1 Å². The van der Waals surface area contributed by atoms with E-state index in [1.807, 2.05) is 13.8 Å². The van der Waals surface area contributed by atoms with Crippen molar-refractivity contribution < 1.29 is 32.7 Å². The van der Waals surface area contributed by atoms with Crippen molar-refractivity contribution in [3.63, 3.8) is 0 Å². The molecule has 0 fully saturated rings. The number of hydrogen-bond acceptors (Lipinski definition) is 0. The van der Waals surface area contributed by atoms with E-state index < -0.39 is 0 Å². The van der Waals surface area contributed by atoms with Crippen molar-refractivity contribution in [1.29, 1.82) is 0 Å². The maximum atomic E-state index is 3.64. The molecule has 0 aliphatic rings. The topological polar surface area (TPSA) is 0 Å². The summed E-state index contributed by atoms with van der Waals surface area (Å²) in [5, 5.41) is 0. The van der Waals surface area contributed by atoms with Gasteiger partial charge in [-0.2, -0.15) is 12.8 Å². The maximum Gasteiger partial charge on any atom is 0 e. The van der Waals surface area contributed by atoms with Crippen molar-refractivity contribution in [3.05, 3.63) is 13.8 Å². The zero-order chi connectivity index (χ0) is 6.12. The smallest absolute Gasteiger partial charge is 0 e. The van der Waals surface area contributed by atoms with E-state index in [0.29, 0.717) is 0 Å². The summed E-state index contributed by atoms with van der Waals surface area (Å²) >= 11 is 0. The molecule has 0 atom stereocenters. The fourth-order valence-electron chi connectivity index (χ4n) is 0.177. The Morgan fingerprint density at radius 1 is 1.00 bits per heavy atom. The van der Waals surface area contributed by atoms with Crippen molar-refractivity contribution >= 4 is 0 Å². The summed E-state index contributed by atoms with van der Waals surface area (Å²) in [6.45, 7) is 11.3. The molecule has 1 radical (unpaired) electrons. The Hall–Kier alpha value is 1.10. The summed E-state index contributed by atoms with van der Waals surface area (Å²) in [6.07, 6.45) is 3.23. The molecule has 0 bridgehead atoms. The van der Waals surface area contributed by atoms with Gasteiger partial charge in [0.2, 0.25) is 0 Å². The molecule has 0 aliphatic carbocycles. The summed E-state index contributed by atoms with van der Waals surface area (Å²) in [5.41, 5.74) is 0. The molecule has 0 amide bonds. The number of rotatable bonds is 2. The van der Waals surface area contributed by atoms with Crippen LogP contribution in [0.25, 0.3) is 0 Å². The fourth-order valence-corrected chi connectivity index (χ4v) is 0.177. The van der Waals surface area contributed by atoms with Crippen molar-refractivity contribution in [2.75, 3.05) is 0 Å². The van der Waals surface area contributed by atoms with Gasteiger partial charge in [0.25, 0.3) is 0 Å². The summed E-state index contributed by atoms with van der Waals surface area (Å²) in [5.74, 6) is 0. The van der Waals surface area contributed by atoms with Crippen LogP contribution >= 0.6 is 0 Å². The second-order valence-electron chi connectivity index (χ2n) is 1.06. The predicted octanol–water partition coefficient (Wildman–Crippen LogP) is 2.85. The van der Waals surface area contributed by atoms with Gasteiger partial charge in [0.1, 0.15) is 0 Å². The minimum Gasteiger partial charge on any atom is -0.343 e. The predicted molar refractivity (Wildman–Crippen MR) is 35.9 cm³/mol. The van der Waals surface area contributed by atoms with Crippen LogP contribution in [-0.2, 0) is 32.7 Å². The molecule has 0 rings (SSSR count). The Kier molecular flexibility index (Phi) is 48.7. The van der Waals surface area contributed by atoms with Gasteiger partial charge in [0.05, 0.1) is 0 Å². The fraction of sp³-hybridized carbons (Fsp3) is 0.714. The van der Waals surface area contributed by atoms with Crippen LogP contribution < -0.4 is 0 Å². The van der Waals surface area contributed by atoms with Crippen LogP contribution in [0.5, 0.6) is 0 Å². The number of unbranched alkanes of at least 4 members (excludes halogenated alkanes) is 2. The Labute approximate surface area is 79.3 Å². The van der Waals surface area contributed by atoms with E-state index in [0.717, 1.165) is 12.8 Å². The first-order valence-electron chi connectivity index (χ1n) is 3.00. The second kappa shape index (κ2) is 24.3. The van der Waals surface area contributed by atoms with Gasteiger partial charge in [0.15, 0.2) is 0 Å². The molecule has 0 saturated heterocycles. The molecule has 0 aromatic carbocycles. The molecule has 0 heterocycles. The van der Waals surface area contributed by atoms with Gasteiger partial charge in [-0.15, -0.1) is 6.42 Å². The molecular weight excluding hydrogens is 173 g/mol. The van der Waals surface area contributed by atoms with Gasteiger partial charge < -0.3 is 13.8 Å². The van der Waals surface area contributed by atoms with E-state index in [2.05, 4.69) is 13.8 Å². The third-order valence-corrected chi connectivity index (χ3v) is 0.500. The monoisotopic (exact) mass is 189 g/mol. The third-order valence-electron chi connectivity index (χ3n) is 0.500. The average molecular weight is 189 g/mol. The molecule has 0 aliphatic heterocycles. The Morgan fingerprint density at radius 2 is 1.25 bits per heavy atom. The van der Waals surface area contributed by atoms with Gasteiger partial charge in [-0.1, -0.05) is 13.8 Å². The molecule has 49 valence electrons. The Morgan fingerprint density at radius 3 is 1.25 bits per heavy atom. The standard InChI is InChI=1S/C5H10.C2H6.Y/c1-3-5-4-2;1-2;/h1-5H2;1-2H3;/q-2;;. The summed E-state index contributed by atoms with van der Waals surface area (Å²) in [4.78, 5) is 0. The average Bonchev–Trinajstić information content (AvgIpc) is 1.75. The van der Waals surface area contributed by atoms with E-state index in [1.165, 1.54) is 6.42 Å². The normalized spacial score (nSPS) is 6.00. The van der Waals surface area contributed by atoms with E-state index >= 15 is 0 Å². The largest absolute Gasteiger partial charge is 0.343 e. The van der Waals surface area contributed by atoms with Crippen LogP contribution in [0.1, 0.15) is 33.1 Å². The summed E-state index contributed by atoms with van der Waals surface area (Å²) < 4.78 is 0. The van der Waals surface area contributed by atoms with Crippen molar-refractivity contribution in [3.8, 4) is 0 Å². The van der Waals surface area contributed by atoms with E-state index in [4.69, 9.17) is 0 Å². The molecule has 1 heteroatoms. The second-order valence-corrected chi connectivity index (χ2v) is 1.06. The van der Waals surface area contributed by atoms with Crippen LogP contribution in [0.3, 0.4) is 0 Å². The molecular formula is C7H16Y-2. The van der Waals surface area contributed by atoms with E-state index in [1.54, 1.807) is 0 Å². The van der Waals surface area contributed by atoms with Gasteiger partial charge in [0, 0.05) is 32.7 Å². The molecule has 0 aromatic rings. The Balaban J connectivity index is -0.0000000750. The molecule has 0 nitrogen and oxygen atoms in total. The molecule has 0 aromatic heterocycles. The summed E-state index contributed by atoms with van der Waals surface area (Å²) in [6, 6.07) is 0. The molecule has 0 spiro atoms. The van der Waals surface area contributed by atoms with Gasteiger partial charge in [-0.25, -0.2) is 0 Å². The van der Waals surface area contributed by atoms with Crippen LogP contribution in [-0.4, -0.2) is 0 Å². The first-order chi connectivity index (χ1) is 3.41. The van der Waals surface area contributed by atoms with Crippen LogP contribution in [0.2, 0.25) is 0 Å². The minimum absolute atomic E-state index is 0. The zero-order valence-corrected chi connectivity index (χ0v) is 8.95. The van der Waals surface area contributed by atoms with Crippen molar-refractivity contribution in [1.82, 2.24) is 0 Å². The van der Waals surface area contributed by atoms with Crippen LogP contribution in [0, 0.1) is 13.8 Å². The van der Waals surface area contributed by atoms with Crippen molar-refractivity contribution in [2.24, 2.45) is 0 Å². The minimum atomic E-state index is 0. The van der Waals surface area contributed by atoms with E-state index in [-0.39, 0.29) is 32.7 Å². The zero-order valence-electron chi connectivity index (χ0n) is 6.11. The third kappa shape index (κ3) is 27.5. The van der Waals surface area contributed by atoms with Gasteiger partial charge >= 0.3 is 0 Å². The van der Waals surface area contributed by atoms with E-state index in [9.17, 15) is 0 Å².